The Kier molecular flexibility index (Phi) is 8.12. The molecule has 2 aliphatic heterocycles. The van der Waals surface area contributed by atoms with E-state index >= 15 is 0 Å². The van der Waals surface area contributed by atoms with Crippen molar-refractivity contribution in [3.8, 4) is 5.75 Å². The van der Waals surface area contributed by atoms with Gasteiger partial charge in [0, 0.05) is 53.2 Å². The van der Waals surface area contributed by atoms with E-state index in [1.54, 1.807) is 0 Å². The van der Waals surface area contributed by atoms with Crippen molar-refractivity contribution in [1.29, 1.82) is 5.41 Å². The molecule has 11 nitrogen and oxygen atoms in total. The largest absolute Gasteiger partial charge is 0.484 e. The molecule has 4 heterocycles. The third kappa shape index (κ3) is 5.49. The first-order valence-electron chi connectivity index (χ1n) is 19.7. The van der Waals surface area contributed by atoms with Crippen molar-refractivity contribution in [2.75, 3.05) is 25.5 Å². The Labute approximate surface area is 318 Å². The summed E-state index contributed by atoms with van der Waals surface area (Å²) in [5.41, 5.74) is 4.98. The van der Waals surface area contributed by atoms with Gasteiger partial charge < -0.3 is 19.9 Å². The monoisotopic (exact) mass is 728 g/mol. The molecule has 5 aliphatic rings. The molecule has 2 aromatic carbocycles. The molecular formula is C43H54N9O2+. The zero-order chi connectivity index (χ0) is 37.6. The Bertz CT molecular complexity index is 2170. The first-order chi connectivity index (χ1) is 25.9. The number of hydrogen-bond donors (Lipinski definition) is 4. The molecule has 9 rings (SSSR count). The molecule has 282 valence electrons. The standard InChI is InChI=1S/C43H53N9O2/c1-27-11-9-10-22-51(27)39-49-48-36-19-18-30(25-52(36)39)54-33-20-21-41(32-13-8-7-12-31(32)33)26-42(41)37-43(42,47-37)38(53)46-35(23-34(44)40(2,3)4)45-29-16-14-28(15-17-29)24-50(5)6/h7-8,12-19,23,25,27,33,37,44-45,47H,9-11,20-22,24,26H2,1-6H3,(H,46,53)/p+1. The zero-order valence-electron chi connectivity index (χ0n) is 32.4. The molecule has 3 aliphatic carbocycles. The average molecular weight is 729 g/mol. The summed E-state index contributed by atoms with van der Waals surface area (Å²) in [5.74, 6) is 2.36. The lowest BCUT2D eigenvalue weighted by Gasteiger charge is -2.34. The molecule has 54 heavy (non-hydrogen) atoms. The van der Waals surface area contributed by atoms with Gasteiger partial charge in [-0.05, 0) is 100 Å². The van der Waals surface area contributed by atoms with E-state index in [0.717, 1.165) is 61.8 Å². The van der Waals surface area contributed by atoms with Gasteiger partial charge in [0.25, 0.3) is 5.91 Å². The van der Waals surface area contributed by atoms with E-state index in [2.05, 4.69) is 111 Å². The topological polar surface area (TPSA) is 137 Å². The lowest BCUT2D eigenvalue weighted by molar-refractivity contribution is -0.522. The van der Waals surface area contributed by atoms with Crippen molar-refractivity contribution in [2.24, 2.45) is 10.8 Å². The predicted octanol–water partition coefficient (Wildman–Crippen LogP) is 5.35. The van der Waals surface area contributed by atoms with Crippen LogP contribution in [0.15, 0.2) is 78.8 Å². The summed E-state index contributed by atoms with van der Waals surface area (Å²) in [6.07, 6.45) is 10.2. The highest BCUT2D eigenvalue weighted by molar-refractivity contribution is 6.03. The van der Waals surface area contributed by atoms with Crippen molar-refractivity contribution >= 4 is 28.9 Å². The number of allylic oxidation sites excluding steroid dienone is 1. The Morgan fingerprint density at radius 3 is 2.63 bits per heavy atom. The van der Waals surface area contributed by atoms with Gasteiger partial charge in [-0.25, -0.2) is 0 Å². The van der Waals surface area contributed by atoms with E-state index < -0.39 is 5.54 Å². The van der Waals surface area contributed by atoms with Gasteiger partial charge in [0.15, 0.2) is 5.65 Å². The maximum absolute atomic E-state index is 14.4. The van der Waals surface area contributed by atoms with E-state index in [1.165, 1.54) is 29.5 Å². The van der Waals surface area contributed by atoms with Gasteiger partial charge in [0.05, 0.1) is 6.20 Å². The number of hydrogen-bond acceptors (Lipinski definition) is 8. The highest BCUT2D eigenvalue weighted by Crippen LogP contribution is 2.91. The van der Waals surface area contributed by atoms with Crippen LogP contribution >= 0.6 is 0 Å². The Balaban J connectivity index is 0.938. The summed E-state index contributed by atoms with van der Waals surface area (Å²) >= 11 is 0. The third-order valence-electron chi connectivity index (χ3n) is 13.0. The van der Waals surface area contributed by atoms with E-state index in [1.807, 2.05) is 44.3 Å². The number of anilines is 1. The van der Waals surface area contributed by atoms with Crippen LogP contribution in [0.1, 0.15) is 89.0 Å². The van der Waals surface area contributed by atoms with Crippen molar-refractivity contribution in [3.05, 3.63) is 95.4 Å². The van der Waals surface area contributed by atoms with Gasteiger partial charge in [-0.2, -0.15) is 0 Å². The summed E-state index contributed by atoms with van der Waals surface area (Å²) in [6.45, 7) is 10.2. The third-order valence-corrected chi connectivity index (χ3v) is 13.0. The molecule has 5 N–H and O–H groups in total. The van der Waals surface area contributed by atoms with Crippen LogP contribution in [-0.4, -0.2) is 69.4 Å². The number of carbonyl (C=O) groups is 1. The number of nitrogens with one attached hydrogen (secondary N) is 3. The fourth-order valence-electron chi connectivity index (χ4n) is 9.94. The summed E-state index contributed by atoms with van der Waals surface area (Å²) in [7, 11) is 4.12. The first kappa shape index (κ1) is 35.1. The number of amides is 1. The molecule has 6 atom stereocenters. The van der Waals surface area contributed by atoms with Crippen molar-refractivity contribution in [3.63, 3.8) is 0 Å². The molecular weight excluding hydrogens is 675 g/mol. The number of benzene rings is 2. The van der Waals surface area contributed by atoms with Gasteiger partial charge >= 0.3 is 0 Å². The number of nitrogens with two attached hydrogens (primary N) is 1. The Morgan fingerprint density at radius 2 is 1.89 bits per heavy atom. The number of piperidine rings is 1. The van der Waals surface area contributed by atoms with Crippen LogP contribution in [0.5, 0.6) is 5.75 Å². The molecule has 0 bridgehead atoms. The lowest BCUT2D eigenvalue weighted by Crippen LogP contribution is -2.79. The highest BCUT2D eigenvalue weighted by Gasteiger charge is 3.05. The minimum atomic E-state index is -0.582. The number of ether oxygens (including phenoxy) is 1. The molecule has 2 saturated heterocycles. The zero-order valence-corrected chi connectivity index (χ0v) is 32.4. The van der Waals surface area contributed by atoms with Crippen molar-refractivity contribution in [1.82, 2.24) is 30.1 Å². The number of pyridine rings is 1. The molecule has 4 aromatic rings. The van der Waals surface area contributed by atoms with Crippen molar-refractivity contribution in [2.45, 2.75) is 102 Å². The second-order valence-corrected chi connectivity index (χ2v) is 17.8. The highest BCUT2D eigenvalue weighted by atomic mass is 16.5. The first-order valence-corrected chi connectivity index (χ1v) is 19.7. The normalized spacial score (nSPS) is 29.6. The number of nitrogens with zero attached hydrogens (tertiary/aromatic N) is 5. The quantitative estimate of drug-likeness (QED) is 0.0982. The molecule has 11 heteroatoms. The van der Waals surface area contributed by atoms with Crippen LogP contribution in [0.4, 0.5) is 11.6 Å². The number of fused-ring (bicyclic) bond motifs is 7. The van der Waals surface area contributed by atoms with Crippen LogP contribution in [0.2, 0.25) is 0 Å². The SMILES string of the molecule is CC1CCCCN1c1nnc2ccc(OC3CCC4(CC45C4NC45C(=O)NC(=CC(=N)C(C)(C)C)[NH2+]c4ccc(CN(C)C)cc4)c4ccccc43)cn12. The fourth-order valence-corrected chi connectivity index (χ4v) is 9.94. The van der Waals surface area contributed by atoms with Crippen LogP contribution < -0.4 is 25.6 Å². The number of carbonyl (C=O) groups excluding carboxylic acids is 1. The van der Waals surface area contributed by atoms with Gasteiger partial charge in [-0.15, -0.1) is 10.2 Å². The van der Waals surface area contributed by atoms with Crippen molar-refractivity contribution < 1.29 is 14.8 Å². The average Bonchev–Trinajstić information content (AvgIpc) is 4.08. The van der Waals surface area contributed by atoms with Crippen LogP contribution in [0.25, 0.3) is 5.65 Å². The summed E-state index contributed by atoms with van der Waals surface area (Å²) in [5, 5.41) is 26.7. The lowest BCUT2D eigenvalue weighted by atomic mass is 9.75. The molecule has 0 radical (unpaired) electrons. The second kappa shape index (κ2) is 12.5. The van der Waals surface area contributed by atoms with E-state index in [4.69, 9.17) is 10.1 Å². The summed E-state index contributed by atoms with van der Waals surface area (Å²) in [6, 6.07) is 21.8. The Hall–Kier alpha value is -4.58. The predicted molar refractivity (Wildman–Crippen MR) is 210 cm³/mol. The molecule has 2 saturated carbocycles. The molecule has 6 unspecified atom stereocenters. The summed E-state index contributed by atoms with van der Waals surface area (Å²) < 4.78 is 8.91. The minimum Gasteiger partial charge on any atom is -0.484 e. The van der Waals surface area contributed by atoms with E-state index in [9.17, 15) is 4.79 Å². The van der Waals surface area contributed by atoms with Crippen LogP contribution in [0, 0.1) is 16.2 Å². The van der Waals surface area contributed by atoms with E-state index in [-0.39, 0.29) is 34.3 Å². The van der Waals surface area contributed by atoms with E-state index in [0.29, 0.717) is 17.6 Å². The van der Waals surface area contributed by atoms with Gasteiger partial charge in [0.1, 0.15) is 23.1 Å². The number of rotatable bonds is 10. The smallest absolute Gasteiger partial charge is 0.250 e. The van der Waals surface area contributed by atoms with Gasteiger partial charge in [0.2, 0.25) is 11.8 Å². The van der Waals surface area contributed by atoms with Gasteiger partial charge in [-0.1, -0.05) is 57.2 Å². The molecule has 2 aromatic heterocycles. The molecule has 2 spiro atoms. The number of aromatic nitrogens is 3. The molecule has 1 amide bonds. The maximum Gasteiger partial charge on any atom is 0.250 e. The fraction of sp³-hybridized carbons (Fsp3) is 0.488. The molecule has 4 fully saturated rings. The van der Waals surface area contributed by atoms with Crippen LogP contribution in [-0.2, 0) is 16.8 Å². The Morgan fingerprint density at radius 1 is 1.09 bits per heavy atom. The maximum atomic E-state index is 14.4. The van der Waals surface area contributed by atoms with Crippen LogP contribution in [0.3, 0.4) is 0 Å². The summed E-state index contributed by atoms with van der Waals surface area (Å²) in [4.78, 5) is 18.9. The minimum absolute atomic E-state index is 0.00902. The van der Waals surface area contributed by atoms with Gasteiger partial charge in [-0.3, -0.25) is 25.1 Å². The second-order valence-electron chi connectivity index (χ2n) is 17.8. The number of quaternary nitrogens is 1.